The van der Waals surface area contributed by atoms with E-state index in [-0.39, 0.29) is 92.7 Å². The first-order chi connectivity index (χ1) is 64.7. The molecule has 40 heteroatoms. The van der Waals surface area contributed by atoms with E-state index in [9.17, 15) is 81.5 Å². The summed E-state index contributed by atoms with van der Waals surface area (Å²) in [5, 5.41) is 29.2. The molecule has 682 valence electrons. The number of H-pyrrole nitrogens is 1. The van der Waals surface area contributed by atoms with E-state index in [0.29, 0.717) is 104 Å². The molecule has 1 spiro atoms. The number of amides is 22. The molecule has 6 aromatic carbocycles. The number of aryl methyl sites for hydroxylation is 2. The number of aromatic nitrogens is 2. The lowest BCUT2D eigenvalue weighted by molar-refractivity contribution is -0.125. The van der Waals surface area contributed by atoms with E-state index in [1.54, 1.807) is 141 Å². The molecule has 6 saturated heterocycles. The first-order valence-electron chi connectivity index (χ1n) is 41.9. The molecule has 6 atom stereocenters. The largest absolute Gasteiger partial charge is 0.497 e. The monoisotopic (exact) mass is 1820 g/mol. The molecular formula is C95H80N18O22. The van der Waals surface area contributed by atoms with Crippen molar-refractivity contribution in [1.82, 2.24) is 93.4 Å². The molecular weight excluding hydrogens is 1750 g/mol. The second-order valence-corrected chi connectivity index (χ2v) is 33.2. The SMILES string of the molecule is COc1ccc2c(c1)C(=O)N(C[C@@]1(C#Cc3ccc(C)[nH]c3=O)NC(=O)NC1=O)C2.COc1ccc2c(c1)C(=O)N(C[C@@]1(C#Cc3ccc(C4(C5CC5)NC(=O)NC4=O)cc3)NC(=O)NC1=O)C2.COc1ccc2c(c1)C(=O)N(C[C@@]1(C#Cc3ccc4c(c3)CCC43NC(=O)NC3=O)NC(=O)NC1=O)C2.COc1ccc2c(c1)C(=O)N(C[C@@]1(C#Cc3cnccc3OC)NC(=O)NC1=O)C2. The molecule has 13 N–H and O–H groups in total. The molecule has 12 aliphatic rings. The van der Waals surface area contributed by atoms with Crippen LogP contribution in [0.25, 0.3) is 0 Å². The van der Waals surface area contributed by atoms with Gasteiger partial charge in [-0.2, -0.15) is 0 Å². The second-order valence-electron chi connectivity index (χ2n) is 33.2. The molecule has 135 heavy (non-hydrogen) atoms. The predicted molar refractivity (Wildman–Crippen MR) is 469 cm³/mol. The van der Waals surface area contributed by atoms with Gasteiger partial charge in [0.25, 0.3) is 64.6 Å². The normalized spacial score (nSPS) is 22.9. The van der Waals surface area contributed by atoms with Crippen molar-refractivity contribution < 1.29 is 100 Å². The highest BCUT2D eigenvalue weighted by Crippen LogP contribution is 2.48. The zero-order chi connectivity index (χ0) is 95.4. The van der Waals surface area contributed by atoms with Gasteiger partial charge < -0.3 is 80.2 Å². The van der Waals surface area contributed by atoms with Gasteiger partial charge >= 0.3 is 36.2 Å². The van der Waals surface area contributed by atoms with Gasteiger partial charge in [0.05, 0.1) is 72.9 Å². The molecule has 2 unspecified atom stereocenters. The van der Waals surface area contributed by atoms with Crippen LogP contribution in [0.4, 0.5) is 28.8 Å². The number of nitrogens with one attached hydrogen (secondary N) is 13. The maximum absolute atomic E-state index is 13.1. The minimum absolute atomic E-state index is 0.0219. The molecule has 1 saturated carbocycles. The molecule has 0 bridgehead atoms. The average molecular weight is 1830 g/mol. The number of imide groups is 6. The molecule has 8 aromatic rings. The minimum Gasteiger partial charge on any atom is -0.497 e. The maximum atomic E-state index is 13.1. The molecule has 12 heterocycles. The van der Waals surface area contributed by atoms with Crippen LogP contribution < -0.4 is 93.0 Å². The number of nitrogens with zero attached hydrogens (tertiary/aromatic N) is 5. The van der Waals surface area contributed by atoms with Gasteiger partial charge in [0.15, 0.2) is 0 Å². The number of carbonyl (C=O) groups is 16. The van der Waals surface area contributed by atoms with Crippen LogP contribution >= 0.6 is 0 Å². The van der Waals surface area contributed by atoms with Gasteiger partial charge in [-0.25, -0.2) is 28.8 Å². The minimum atomic E-state index is -1.67. The number of fused-ring (bicyclic) bond motifs is 6. The Morgan fingerprint density at radius 1 is 0.370 bits per heavy atom. The predicted octanol–water partition coefficient (Wildman–Crippen LogP) is 1.95. The Hall–Kier alpha value is -17.8. The quantitative estimate of drug-likeness (QED) is 0.0515. The summed E-state index contributed by atoms with van der Waals surface area (Å²) in [6.45, 7) is 2.23. The molecule has 40 nitrogen and oxygen atoms in total. The number of carbonyl (C=O) groups excluding carboxylic acids is 16. The number of benzene rings is 6. The van der Waals surface area contributed by atoms with Gasteiger partial charge in [0, 0.05) is 77.6 Å². The Kier molecular flexibility index (Phi) is 23.0. The first kappa shape index (κ1) is 89.2. The number of urea groups is 6. The van der Waals surface area contributed by atoms with E-state index >= 15 is 0 Å². The lowest BCUT2D eigenvalue weighted by atomic mass is 9.84. The van der Waals surface area contributed by atoms with Crippen molar-refractivity contribution in [3.8, 4) is 76.1 Å². The molecule has 20 rings (SSSR count). The van der Waals surface area contributed by atoms with Crippen molar-refractivity contribution in [2.45, 2.75) is 92.0 Å². The van der Waals surface area contributed by atoms with Gasteiger partial charge in [-0.3, -0.25) is 89.6 Å². The first-order valence-corrected chi connectivity index (χ1v) is 41.9. The number of aromatic amines is 1. The topological polar surface area (TPSA) is 522 Å². The zero-order valence-corrected chi connectivity index (χ0v) is 72.6. The molecule has 22 amide bonds. The highest BCUT2D eigenvalue weighted by Gasteiger charge is 2.59. The van der Waals surface area contributed by atoms with Crippen LogP contribution in [-0.4, -0.2) is 209 Å². The fraction of sp³-hybridized carbons (Fsp3) is 0.263. The van der Waals surface area contributed by atoms with Crippen LogP contribution in [0, 0.1) is 60.2 Å². The third-order valence-corrected chi connectivity index (χ3v) is 24.7. The van der Waals surface area contributed by atoms with Crippen LogP contribution in [0.1, 0.15) is 128 Å². The summed E-state index contributed by atoms with van der Waals surface area (Å²) in [4.78, 5) is 224. The standard InChI is InChI=1S/C27H23N5O6.C26H21N5O6.2C21H18N4O5/c1-38-19-9-4-16-13-32(21(33)20(16)12-19)14-26(22(34)28-24(36)30-26)11-10-15-2-5-17(6-3-15)27(18-7-8-18)23(35)29-25(37)31-27;1-37-17-4-3-16-12-31(20(32)18(16)11-17)13-25(21(33)27-23(35)29-25)8-6-14-2-5-19-15(10-14)7-9-26(19)22(34)28-24(36)30-26;1-29-15-4-3-14-11-25(18(26)16(14)9-15)12-21(19(27)23-20(28)24-21)7-5-13-10-22-8-6-17(13)30-2;1-12-3-4-13(17(26)22-12)7-8-21(19(28)23-20(29)24-21)11-25-10-14-5-6-15(30-2)9-16(14)18(25)27/h2-6,9,12,18H,7-8,13-14H2,1H3,(H2,28,30,34,36)(H2,29,31,35,37);2-5,10-11H,7,9,12-13H2,1H3,(H2,27,29,33,35)(H2,28,30,34,36);3-4,6,8-10H,11-12H2,1-2H3,(H2,23,24,27,28);3-6,9H,10-11H2,1-2H3,(H,22,26)(H2,23,24,28,29)/t26-,27?;25-,26?;2*21-/m1111/s1. The van der Waals surface area contributed by atoms with E-state index in [4.69, 9.17) is 23.7 Å². The average Bonchev–Trinajstić information content (AvgIpc) is 1.58. The third-order valence-electron chi connectivity index (χ3n) is 24.7. The van der Waals surface area contributed by atoms with Crippen LogP contribution in [-0.2, 0) is 72.4 Å². The number of hydrogen-bond acceptors (Lipinski definition) is 23. The lowest BCUT2D eigenvalue weighted by Crippen LogP contribution is -2.54. The van der Waals surface area contributed by atoms with Crippen LogP contribution in [0.15, 0.2) is 151 Å². The van der Waals surface area contributed by atoms with Crippen molar-refractivity contribution in [3.05, 3.63) is 245 Å². The van der Waals surface area contributed by atoms with Crippen LogP contribution in [0.3, 0.4) is 0 Å². The fourth-order valence-corrected chi connectivity index (χ4v) is 17.6. The summed E-state index contributed by atoms with van der Waals surface area (Å²) in [6.07, 6.45) is 5.71. The highest BCUT2D eigenvalue weighted by molar-refractivity contribution is 6.14. The summed E-state index contributed by atoms with van der Waals surface area (Å²) in [6, 6.07) is 33.9. The van der Waals surface area contributed by atoms with Crippen molar-refractivity contribution in [2.75, 3.05) is 61.7 Å². The Morgan fingerprint density at radius 2 is 0.748 bits per heavy atom. The van der Waals surface area contributed by atoms with Gasteiger partial charge in [-0.1, -0.05) is 89.8 Å². The third kappa shape index (κ3) is 16.8. The van der Waals surface area contributed by atoms with Gasteiger partial charge in [-0.15, -0.1) is 0 Å². The fourth-order valence-electron chi connectivity index (χ4n) is 17.6. The van der Waals surface area contributed by atoms with Gasteiger partial charge in [0.2, 0.25) is 22.2 Å². The van der Waals surface area contributed by atoms with Gasteiger partial charge in [-0.05, 0) is 168 Å². The summed E-state index contributed by atoms with van der Waals surface area (Å²) < 4.78 is 26.0. The Labute approximate surface area is 766 Å². The van der Waals surface area contributed by atoms with E-state index in [2.05, 4.69) is 121 Å². The highest BCUT2D eigenvalue weighted by atomic mass is 16.5. The Bertz CT molecular complexity index is 6950. The Balaban J connectivity index is 0.000000126. The molecule has 10 aliphatic heterocycles. The number of pyridine rings is 2. The van der Waals surface area contributed by atoms with Gasteiger partial charge in [0.1, 0.15) is 39.8 Å². The summed E-state index contributed by atoms with van der Waals surface area (Å²) in [5.74, 6) is 21.0. The number of ether oxygens (including phenoxy) is 5. The van der Waals surface area contributed by atoms with E-state index < -0.39 is 98.6 Å². The van der Waals surface area contributed by atoms with Crippen molar-refractivity contribution in [2.24, 2.45) is 5.92 Å². The second kappa shape index (κ2) is 34.9. The van der Waals surface area contributed by atoms with Crippen molar-refractivity contribution in [3.63, 3.8) is 0 Å². The van der Waals surface area contributed by atoms with Crippen molar-refractivity contribution >= 4 is 95.3 Å². The maximum Gasteiger partial charge on any atom is 0.323 e. The van der Waals surface area contributed by atoms with Crippen LogP contribution in [0.5, 0.6) is 28.7 Å². The summed E-state index contributed by atoms with van der Waals surface area (Å²) >= 11 is 0. The summed E-state index contributed by atoms with van der Waals surface area (Å²) in [7, 11) is 7.55. The zero-order valence-electron chi connectivity index (χ0n) is 72.6. The number of methoxy groups -OCH3 is 5. The Morgan fingerprint density at radius 3 is 1.11 bits per heavy atom. The lowest BCUT2D eigenvalue weighted by Gasteiger charge is -2.26. The van der Waals surface area contributed by atoms with E-state index in [1.807, 2.05) is 0 Å². The van der Waals surface area contributed by atoms with E-state index in [0.717, 1.165) is 40.7 Å². The number of hydrogen-bond donors (Lipinski definition) is 13. The smallest absolute Gasteiger partial charge is 0.323 e. The number of rotatable bonds is 15. The molecule has 7 fully saturated rings. The summed E-state index contributed by atoms with van der Waals surface area (Å²) in [5.41, 5.74) is 0.509. The molecule has 0 radical (unpaired) electrons. The van der Waals surface area contributed by atoms with E-state index in [1.165, 1.54) is 67.4 Å². The van der Waals surface area contributed by atoms with Crippen LogP contribution in [0.2, 0.25) is 0 Å². The molecule has 2 aliphatic carbocycles. The van der Waals surface area contributed by atoms with Crippen molar-refractivity contribution in [1.29, 1.82) is 0 Å². The molecule has 2 aromatic heterocycles.